The van der Waals surface area contributed by atoms with E-state index < -0.39 is 7.26 Å². The minimum atomic E-state index is -1.93. The van der Waals surface area contributed by atoms with Crippen LogP contribution < -0.4 is 15.9 Å². The highest BCUT2D eigenvalue weighted by Crippen LogP contribution is 2.55. The molecule has 0 saturated heterocycles. The third-order valence-electron chi connectivity index (χ3n) is 7.59. The molecule has 2 unspecified atom stereocenters. The first-order valence-electron chi connectivity index (χ1n) is 12.7. The van der Waals surface area contributed by atoms with Gasteiger partial charge < -0.3 is 0 Å². The Morgan fingerprint density at radius 1 is 0.833 bits per heavy atom. The molecule has 3 aromatic carbocycles. The van der Waals surface area contributed by atoms with Crippen LogP contribution in [0.3, 0.4) is 0 Å². The van der Waals surface area contributed by atoms with Gasteiger partial charge in [0.15, 0.2) is 5.78 Å². The second kappa shape index (κ2) is 10.9. The topological polar surface area (TPSA) is 34.1 Å². The van der Waals surface area contributed by atoms with E-state index in [0.29, 0.717) is 6.42 Å². The fourth-order valence-corrected chi connectivity index (χ4v) is 9.69. The molecule has 0 aromatic heterocycles. The van der Waals surface area contributed by atoms with E-state index in [1.165, 1.54) is 21.5 Å². The summed E-state index contributed by atoms with van der Waals surface area (Å²) in [6, 6.07) is 32.7. The molecule has 36 heavy (non-hydrogen) atoms. The van der Waals surface area contributed by atoms with E-state index in [-0.39, 0.29) is 28.8 Å². The SMILES string of the molecule is CC(=CC[P+](c1ccccc1)(c1ccccc1)c1ccccc1)/C=C/C1C(C)C(=O)C(=O)CC1(C)C. The molecule has 1 aliphatic rings. The Balaban J connectivity index is 1.74. The molecule has 3 aromatic rings. The summed E-state index contributed by atoms with van der Waals surface area (Å²) in [5.41, 5.74) is 0.949. The molecule has 0 bridgehead atoms. The molecule has 0 amide bonds. The molecule has 0 aliphatic heterocycles. The van der Waals surface area contributed by atoms with Crippen molar-refractivity contribution in [3.63, 3.8) is 0 Å². The van der Waals surface area contributed by atoms with Crippen LogP contribution in [0.25, 0.3) is 0 Å². The molecule has 2 nitrogen and oxygen atoms in total. The molecule has 2 atom stereocenters. The summed E-state index contributed by atoms with van der Waals surface area (Å²) in [5, 5.41) is 4.09. The highest BCUT2D eigenvalue weighted by Gasteiger charge is 2.45. The zero-order chi connectivity index (χ0) is 25.8. The van der Waals surface area contributed by atoms with Gasteiger partial charge in [-0.3, -0.25) is 9.59 Å². The van der Waals surface area contributed by atoms with Crippen molar-refractivity contribution in [2.24, 2.45) is 17.3 Å². The van der Waals surface area contributed by atoms with E-state index >= 15 is 0 Å². The van der Waals surface area contributed by atoms with E-state index in [9.17, 15) is 9.59 Å². The normalized spacial score (nSPS) is 20.6. The maximum atomic E-state index is 12.4. The molecular formula is C33H36O2P+. The van der Waals surface area contributed by atoms with Crippen molar-refractivity contribution in [1.82, 2.24) is 0 Å². The number of hydrogen-bond acceptors (Lipinski definition) is 2. The number of rotatable bonds is 7. The molecule has 0 radical (unpaired) electrons. The lowest BCUT2D eigenvalue weighted by Gasteiger charge is -2.39. The molecule has 4 rings (SSSR count). The zero-order valence-electron chi connectivity index (χ0n) is 21.7. The van der Waals surface area contributed by atoms with Gasteiger partial charge in [-0.05, 0) is 60.7 Å². The Labute approximate surface area is 216 Å². The van der Waals surface area contributed by atoms with Gasteiger partial charge in [0.2, 0.25) is 5.78 Å². The van der Waals surface area contributed by atoms with Gasteiger partial charge in [0.05, 0.1) is 6.16 Å². The lowest BCUT2D eigenvalue weighted by molar-refractivity contribution is -0.145. The lowest BCUT2D eigenvalue weighted by Crippen LogP contribution is -2.43. The van der Waals surface area contributed by atoms with Gasteiger partial charge >= 0.3 is 0 Å². The van der Waals surface area contributed by atoms with Crippen molar-refractivity contribution in [3.05, 3.63) is 115 Å². The summed E-state index contributed by atoms with van der Waals surface area (Å²) in [6.07, 6.45) is 7.89. The average molecular weight is 496 g/mol. The van der Waals surface area contributed by atoms with Crippen LogP contribution in [0.5, 0.6) is 0 Å². The van der Waals surface area contributed by atoms with Crippen LogP contribution in [0, 0.1) is 17.3 Å². The van der Waals surface area contributed by atoms with E-state index in [1.54, 1.807) is 0 Å². The van der Waals surface area contributed by atoms with Crippen LogP contribution in [0.15, 0.2) is 115 Å². The number of Topliss-reactive ketones (excluding diaryl/α,β-unsaturated/α-hetero) is 2. The van der Waals surface area contributed by atoms with Crippen molar-refractivity contribution in [3.8, 4) is 0 Å². The molecule has 1 saturated carbocycles. The van der Waals surface area contributed by atoms with Gasteiger partial charge in [-0.1, -0.05) is 93.1 Å². The smallest absolute Gasteiger partial charge is 0.201 e. The molecular weight excluding hydrogens is 459 g/mol. The van der Waals surface area contributed by atoms with Crippen LogP contribution in [-0.2, 0) is 9.59 Å². The Morgan fingerprint density at radius 2 is 1.28 bits per heavy atom. The van der Waals surface area contributed by atoms with Crippen molar-refractivity contribution in [2.45, 2.75) is 34.1 Å². The molecule has 1 fully saturated rings. The lowest BCUT2D eigenvalue weighted by atomic mass is 9.63. The number of allylic oxidation sites excluding steroid dienone is 4. The summed E-state index contributed by atoms with van der Waals surface area (Å²) in [6.45, 7) is 8.23. The molecule has 1 aliphatic carbocycles. The Kier molecular flexibility index (Phi) is 7.86. The van der Waals surface area contributed by atoms with Crippen LogP contribution in [0.4, 0.5) is 0 Å². The zero-order valence-corrected chi connectivity index (χ0v) is 22.6. The molecule has 3 heteroatoms. The Hall–Kier alpha value is -3.09. The van der Waals surface area contributed by atoms with Gasteiger partial charge in [-0.25, -0.2) is 0 Å². The van der Waals surface area contributed by atoms with Crippen molar-refractivity contribution in [2.75, 3.05) is 6.16 Å². The van der Waals surface area contributed by atoms with Gasteiger partial charge in [0.1, 0.15) is 23.2 Å². The first kappa shape index (κ1) is 26.0. The van der Waals surface area contributed by atoms with E-state index in [1.807, 2.05) is 6.92 Å². The van der Waals surface area contributed by atoms with Gasteiger partial charge in [0, 0.05) is 12.3 Å². The minimum absolute atomic E-state index is 0.0444. The van der Waals surface area contributed by atoms with Crippen LogP contribution in [0.2, 0.25) is 0 Å². The fraction of sp³-hybridized carbons (Fsp3) is 0.273. The first-order valence-corrected chi connectivity index (χ1v) is 14.7. The number of hydrogen-bond donors (Lipinski definition) is 0. The molecule has 184 valence electrons. The van der Waals surface area contributed by atoms with E-state index in [2.05, 4.69) is 130 Å². The quantitative estimate of drug-likeness (QED) is 0.219. The van der Waals surface area contributed by atoms with Gasteiger partial charge in [-0.15, -0.1) is 0 Å². The van der Waals surface area contributed by atoms with Gasteiger partial charge in [-0.2, -0.15) is 0 Å². The molecule has 0 spiro atoms. The minimum Gasteiger partial charge on any atom is -0.291 e. The molecule has 0 N–H and O–H groups in total. The average Bonchev–Trinajstić information content (AvgIpc) is 2.89. The maximum absolute atomic E-state index is 12.4. The summed E-state index contributed by atoms with van der Waals surface area (Å²) in [7, 11) is -1.93. The highest BCUT2D eigenvalue weighted by molar-refractivity contribution is 7.95. The predicted molar refractivity (Wildman–Crippen MR) is 154 cm³/mol. The number of benzene rings is 3. The number of carbonyl (C=O) groups excluding carboxylic acids is 2. The summed E-state index contributed by atoms with van der Waals surface area (Å²) >= 11 is 0. The third-order valence-corrected chi connectivity index (χ3v) is 11.9. The maximum Gasteiger partial charge on any atom is 0.201 e. The van der Waals surface area contributed by atoms with E-state index in [0.717, 1.165) is 6.16 Å². The first-order chi connectivity index (χ1) is 17.3. The van der Waals surface area contributed by atoms with Crippen LogP contribution >= 0.6 is 7.26 Å². The van der Waals surface area contributed by atoms with Crippen LogP contribution in [-0.4, -0.2) is 17.7 Å². The monoisotopic (exact) mass is 495 g/mol. The van der Waals surface area contributed by atoms with Crippen LogP contribution in [0.1, 0.15) is 34.1 Å². The van der Waals surface area contributed by atoms with Crippen molar-refractivity contribution < 1.29 is 9.59 Å². The predicted octanol–water partition coefficient (Wildman–Crippen LogP) is 6.30. The van der Waals surface area contributed by atoms with Crippen molar-refractivity contribution in [1.29, 1.82) is 0 Å². The Morgan fingerprint density at radius 3 is 1.72 bits per heavy atom. The van der Waals surface area contributed by atoms with Crippen molar-refractivity contribution >= 4 is 34.7 Å². The summed E-state index contributed by atoms with van der Waals surface area (Å²) in [4.78, 5) is 24.5. The second-order valence-electron chi connectivity index (χ2n) is 10.6. The van der Waals surface area contributed by atoms with Gasteiger partial charge in [0.25, 0.3) is 0 Å². The number of carbonyl (C=O) groups is 2. The van der Waals surface area contributed by atoms with E-state index in [4.69, 9.17) is 0 Å². The summed E-state index contributed by atoms with van der Waals surface area (Å²) < 4.78 is 0. The second-order valence-corrected chi connectivity index (χ2v) is 14.1. The fourth-order valence-electron chi connectivity index (χ4n) is 5.56. The number of ketones is 2. The largest absolute Gasteiger partial charge is 0.291 e. The summed E-state index contributed by atoms with van der Waals surface area (Å²) in [5.74, 6) is -0.696. The standard InChI is InChI=1S/C33H36O2P/c1-25(20-21-30-26(2)32(35)31(34)24-33(30,3)4)22-23-36(27-14-8-5-9-15-27,28-16-10-6-11-17-28)29-18-12-7-13-19-29/h5-22,26,30H,23-24H2,1-4H3/q+1/b21-20+,25-22?. The Bertz CT molecular complexity index is 1160. The highest BCUT2D eigenvalue weighted by atomic mass is 31.2. The molecule has 0 heterocycles. The third kappa shape index (κ3) is 5.20.